The number of ether oxygens (including phenoxy) is 2. The summed E-state index contributed by atoms with van der Waals surface area (Å²) < 4.78 is 9.63. The SMILES string of the molecule is CCOC(=O)CN(O)NC(=O)c1c(Cl)ccc(Cl)c1OC. The number of nitrogens with zero attached hydrogens (tertiary/aromatic N) is 1. The fraction of sp³-hybridized carbons (Fsp3) is 0.333. The van der Waals surface area contributed by atoms with Crippen molar-refractivity contribution < 1.29 is 24.3 Å². The maximum atomic E-state index is 12.1. The maximum absolute atomic E-state index is 12.1. The van der Waals surface area contributed by atoms with Crippen LogP contribution in [-0.2, 0) is 9.53 Å². The second kappa shape index (κ2) is 8.04. The van der Waals surface area contributed by atoms with Gasteiger partial charge in [0, 0.05) is 0 Å². The number of hydrogen-bond acceptors (Lipinski definition) is 6. The lowest BCUT2D eigenvalue weighted by molar-refractivity contribution is -0.166. The van der Waals surface area contributed by atoms with Crippen molar-refractivity contribution >= 4 is 35.1 Å². The summed E-state index contributed by atoms with van der Waals surface area (Å²) >= 11 is 11.8. The van der Waals surface area contributed by atoms with Crippen LogP contribution in [0.1, 0.15) is 17.3 Å². The van der Waals surface area contributed by atoms with Gasteiger partial charge in [-0.3, -0.25) is 20.2 Å². The van der Waals surface area contributed by atoms with E-state index in [1.165, 1.54) is 19.2 Å². The largest absolute Gasteiger partial charge is 0.494 e. The molecule has 2 N–H and O–H groups in total. The topological polar surface area (TPSA) is 88.1 Å². The summed E-state index contributed by atoms with van der Waals surface area (Å²) in [5, 5.41) is 10.0. The Morgan fingerprint density at radius 2 is 1.95 bits per heavy atom. The van der Waals surface area contributed by atoms with E-state index in [9.17, 15) is 14.8 Å². The number of amides is 1. The van der Waals surface area contributed by atoms with Gasteiger partial charge in [0.1, 0.15) is 12.1 Å². The van der Waals surface area contributed by atoms with Gasteiger partial charge in [-0.15, -0.1) is 0 Å². The standard InChI is InChI=1S/C12H14Cl2N2O5/c1-3-21-9(17)6-16(19)15-12(18)10-7(13)4-5-8(14)11(10)20-2/h4-5,19H,3,6H2,1-2H3,(H,15,18). The van der Waals surface area contributed by atoms with E-state index in [0.717, 1.165) is 0 Å². The number of esters is 1. The Bertz CT molecular complexity index is 539. The van der Waals surface area contributed by atoms with Crippen molar-refractivity contribution in [1.82, 2.24) is 10.6 Å². The third-order valence-corrected chi connectivity index (χ3v) is 2.92. The number of carbonyl (C=O) groups excluding carboxylic acids is 2. The van der Waals surface area contributed by atoms with E-state index < -0.39 is 18.4 Å². The number of carbonyl (C=O) groups is 2. The van der Waals surface area contributed by atoms with Gasteiger partial charge in [0.25, 0.3) is 5.91 Å². The first-order chi connectivity index (χ1) is 9.90. The van der Waals surface area contributed by atoms with Gasteiger partial charge in [-0.2, -0.15) is 0 Å². The predicted octanol–water partition coefficient (Wildman–Crippen LogP) is 1.90. The molecule has 1 rings (SSSR count). The first-order valence-electron chi connectivity index (χ1n) is 5.85. The summed E-state index contributed by atoms with van der Waals surface area (Å²) in [4.78, 5) is 23.2. The molecule has 0 aliphatic heterocycles. The molecule has 0 saturated carbocycles. The van der Waals surface area contributed by atoms with Crippen molar-refractivity contribution in [3.05, 3.63) is 27.7 Å². The molecule has 0 bridgehead atoms. The van der Waals surface area contributed by atoms with Crippen LogP contribution < -0.4 is 10.2 Å². The van der Waals surface area contributed by atoms with Gasteiger partial charge < -0.3 is 9.47 Å². The number of methoxy groups -OCH3 is 1. The average molecular weight is 337 g/mol. The number of hydrazine groups is 1. The number of rotatable bonds is 6. The minimum absolute atomic E-state index is 0.0606. The Morgan fingerprint density at radius 1 is 1.33 bits per heavy atom. The molecule has 0 radical (unpaired) electrons. The Morgan fingerprint density at radius 3 is 2.52 bits per heavy atom. The molecule has 0 saturated heterocycles. The first kappa shape index (κ1) is 17.5. The molecule has 0 fully saturated rings. The second-order valence-electron chi connectivity index (χ2n) is 3.74. The zero-order valence-corrected chi connectivity index (χ0v) is 12.9. The number of halogens is 2. The molecular weight excluding hydrogens is 323 g/mol. The molecule has 0 atom stereocenters. The smallest absolute Gasteiger partial charge is 0.324 e. The van der Waals surface area contributed by atoms with Gasteiger partial charge in [0.05, 0.1) is 23.8 Å². The second-order valence-corrected chi connectivity index (χ2v) is 4.56. The van der Waals surface area contributed by atoms with Crippen LogP contribution in [0.2, 0.25) is 10.0 Å². The quantitative estimate of drug-likeness (QED) is 0.609. The van der Waals surface area contributed by atoms with E-state index in [2.05, 4.69) is 10.2 Å². The highest BCUT2D eigenvalue weighted by Gasteiger charge is 2.21. The molecule has 1 aromatic carbocycles. The van der Waals surface area contributed by atoms with E-state index in [1.54, 1.807) is 6.92 Å². The first-order valence-corrected chi connectivity index (χ1v) is 6.61. The van der Waals surface area contributed by atoms with Crippen molar-refractivity contribution in [3.63, 3.8) is 0 Å². The van der Waals surface area contributed by atoms with Crippen molar-refractivity contribution in [2.45, 2.75) is 6.92 Å². The third-order valence-electron chi connectivity index (χ3n) is 2.30. The fourth-order valence-electron chi connectivity index (χ4n) is 1.49. The number of benzene rings is 1. The Balaban J connectivity index is 2.85. The van der Waals surface area contributed by atoms with Crippen LogP contribution >= 0.6 is 23.2 Å². The normalized spacial score (nSPS) is 10.4. The van der Waals surface area contributed by atoms with Gasteiger partial charge in [-0.1, -0.05) is 28.4 Å². The number of hydrogen-bond donors (Lipinski definition) is 2. The van der Waals surface area contributed by atoms with Crippen LogP contribution in [0.25, 0.3) is 0 Å². The van der Waals surface area contributed by atoms with Gasteiger partial charge in [0.15, 0.2) is 5.75 Å². The number of hydroxylamine groups is 1. The highest BCUT2D eigenvalue weighted by atomic mass is 35.5. The lowest BCUT2D eigenvalue weighted by Gasteiger charge is -2.17. The molecular formula is C12H14Cl2N2O5. The summed E-state index contributed by atoms with van der Waals surface area (Å²) in [5.74, 6) is -1.43. The highest BCUT2D eigenvalue weighted by Crippen LogP contribution is 2.33. The van der Waals surface area contributed by atoms with Crippen molar-refractivity contribution in [1.29, 1.82) is 0 Å². The summed E-state index contributed by atoms with van der Waals surface area (Å²) in [6.45, 7) is 1.24. The fourth-order valence-corrected chi connectivity index (χ4v) is 1.96. The lowest BCUT2D eigenvalue weighted by atomic mass is 10.2. The molecule has 0 unspecified atom stereocenters. The molecule has 0 aliphatic carbocycles. The van der Waals surface area contributed by atoms with Gasteiger partial charge >= 0.3 is 5.97 Å². The Labute approximate surface area is 131 Å². The molecule has 0 aliphatic rings. The lowest BCUT2D eigenvalue weighted by Crippen LogP contribution is -2.43. The molecule has 1 amide bonds. The maximum Gasteiger partial charge on any atom is 0.324 e. The molecule has 21 heavy (non-hydrogen) atoms. The molecule has 1 aromatic rings. The summed E-state index contributed by atoms with van der Waals surface area (Å²) in [5.41, 5.74) is 1.99. The Kier molecular flexibility index (Phi) is 6.70. The van der Waals surface area contributed by atoms with Gasteiger partial charge in [-0.25, -0.2) is 0 Å². The highest BCUT2D eigenvalue weighted by molar-refractivity contribution is 6.37. The number of nitrogens with one attached hydrogen (secondary N) is 1. The Hall–Kier alpha value is -1.54. The van der Waals surface area contributed by atoms with Crippen LogP contribution in [0.5, 0.6) is 5.75 Å². The van der Waals surface area contributed by atoms with Crippen molar-refractivity contribution in [3.8, 4) is 5.75 Å². The zero-order chi connectivity index (χ0) is 16.0. The minimum atomic E-state index is -0.786. The minimum Gasteiger partial charge on any atom is -0.494 e. The van der Waals surface area contributed by atoms with Gasteiger partial charge in [0.2, 0.25) is 0 Å². The molecule has 0 spiro atoms. The van der Waals surface area contributed by atoms with E-state index >= 15 is 0 Å². The van der Waals surface area contributed by atoms with Gasteiger partial charge in [-0.05, 0) is 19.1 Å². The monoisotopic (exact) mass is 336 g/mol. The van der Waals surface area contributed by atoms with E-state index in [-0.39, 0.29) is 33.1 Å². The molecule has 7 nitrogen and oxygen atoms in total. The summed E-state index contributed by atoms with van der Waals surface area (Å²) in [7, 11) is 1.32. The third kappa shape index (κ3) is 4.75. The van der Waals surface area contributed by atoms with Crippen LogP contribution in [0.15, 0.2) is 12.1 Å². The van der Waals surface area contributed by atoms with E-state index in [0.29, 0.717) is 0 Å². The van der Waals surface area contributed by atoms with E-state index in [1.807, 2.05) is 0 Å². The summed E-state index contributed by atoms with van der Waals surface area (Å²) in [6, 6.07) is 2.88. The van der Waals surface area contributed by atoms with Crippen LogP contribution in [-0.4, -0.2) is 42.5 Å². The predicted molar refractivity (Wildman–Crippen MR) is 75.6 cm³/mol. The van der Waals surface area contributed by atoms with Crippen molar-refractivity contribution in [2.75, 3.05) is 20.3 Å². The molecule has 116 valence electrons. The molecule has 9 heteroatoms. The van der Waals surface area contributed by atoms with Crippen LogP contribution in [0.3, 0.4) is 0 Å². The zero-order valence-electron chi connectivity index (χ0n) is 11.4. The average Bonchev–Trinajstić information content (AvgIpc) is 2.40. The van der Waals surface area contributed by atoms with Crippen LogP contribution in [0, 0.1) is 0 Å². The van der Waals surface area contributed by atoms with E-state index in [4.69, 9.17) is 27.9 Å². The van der Waals surface area contributed by atoms with Crippen LogP contribution in [0.4, 0.5) is 0 Å². The summed E-state index contributed by atoms with van der Waals surface area (Å²) in [6.07, 6.45) is 0. The molecule has 0 heterocycles. The molecule has 0 aromatic heterocycles. The van der Waals surface area contributed by atoms with Crippen molar-refractivity contribution in [2.24, 2.45) is 0 Å².